The van der Waals surface area contributed by atoms with E-state index in [4.69, 9.17) is 9.72 Å². The van der Waals surface area contributed by atoms with E-state index in [1.165, 1.54) is 16.7 Å². The van der Waals surface area contributed by atoms with Gasteiger partial charge in [-0.25, -0.2) is 4.98 Å². The monoisotopic (exact) mass is 361 g/mol. The summed E-state index contributed by atoms with van der Waals surface area (Å²) >= 11 is 1.58. The highest BCUT2D eigenvalue weighted by Gasteiger charge is 2.23. The Labute approximate surface area is 157 Å². The second-order valence-corrected chi connectivity index (χ2v) is 7.03. The lowest BCUT2D eigenvalue weighted by molar-refractivity contribution is -0.142. The Morgan fingerprint density at radius 2 is 2.08 bits per heavy atom. The first-order valence-electron chi connectivity index (χ1n) is 8.73. The highest BCUT2D eigenvalue weighted by atomic mass is 32.1. The van der Waals surface area contributed by atoms with E-state index in [1.54, 1.807) is 11.3 Å². The summed E-state index contributed by atoms with van der Waals surface area (Å²) in [6.07, 6.45) is 13.1. The fourth-order valence-corrected chi connectivity index (χ4v) is 4.21. The normalized spacial score (nSPS) is 17.7. The Kier molecular flexibility index (Phi) is 4.67. The number of carbonyl (C=O) groups excluding carboxylic acids is 1. The SMILES string of the molecule is CCOC(=O)Cc1csc(C2=C3C=CC=CC3C=Cc3ccccc32)n1. The van der Waals surface area contributed by atoms with Gasteiger partial charge in [-0.3, -0.25) is 4.79 Å². The van der Waals surface area contributed by atoms with Crippen LogP contribution in [-0.2, 0) is 16.0 Å². The first-order chi connectivity index (χ1) is 12.8. The van der Waals surface area contributed by atoms with Gasteiger partial charge in [-0.2, -0.15) is 0 Å². The topological polar surface area (TPSA) is 39.2 Å². The molecule has 0 saturated carbocycles. The number of hydrogen-bond acceptors (Lipinski definition) is 4. The van der Waals surface area contributed by atoms with Crippen LogP contribution in [-0.4, -0.2) is 17.6 Å². The summed E-state index contributed by atoms with van der Waals surface area (Å²) in [4.78, 5) is 16.5. The second kappa shape index (κ2) is 7.26. The third kappa shape index (κ3) is 3.20. The molecule has 0 amide bonds. The lowest BCUT2D eigenvalue weighted by Gasteiger charge is -2.17. The second-order valence-electron chi connectivity index (χ2n) is 6.17. The van der Waals surface area contributed by atoms with E-state index in [2.05, 4.69) is 60.7 Å². The van der Waals surface area contributed by atoms with Gasteiger partial charge in [0.25, 0.3) is 0 Å². The molecule has 2 aromatic rings. The zero-order valence-corrected chi connectivity index (χ0v) is 15.3. The van der Waals surface area contributed by atoms with Crippen molar-refractivity contribution >= 4 is 29.0 Å². The van der Waals surface area contributed by atoms with Gasteiger partial charge in [-0.05, 0) is 23.6 Å². The minimum Gasteiger partial charge on any atom is -0.466 e. The number of benzene rings is 1. The Morgan fingerprint density at radius 1 is 1.19 bits per heavy atom. The Balaban J connectivity index is 1.80. The highest BCUT2D eigenvalue weighted by Crippen LogP contribution is 2.39. The van der Waals surface area contributed by atoms with Crippen molar-refractivity contribution < 1.29 is 9.53 Å². The number of esters is 1. The number of aromatic nitrogens is 1. The maximum absolute atomic E-state index is 11.8. The molecule has 0 fully saturated rings. The summed E-state index contributed by atoms with van der Waals surface area (Å²) in [5.74, 6) is 0.00288. The van der Waals surface area contributed by atoms with Crippen LogP contribution >= 0.6 is 11.3 Å². The van der Waals surface area contributed by atoms with Crippen molar-refractivity contribution in [2.75, 3.05) is 6.61 Å². The van der Waals surface area contributed by atoms with Gasteiger partial charge in [0.15, 0.2) is 0 Å². The van der Waals surface area contributed by atoms with Crippen molar-refractivity contribution in [2.24, 2.45) is 5.92 Å². The fourth-order valence-electron chi connectivity index (χ4n) is 3.31. The van der Waals surface area contributed by atoms with Gasteiger partial charge < -0.3 is 4.74 Å². The van der Waals surface area contributed by atoms with E-state index in [0.29, 0.717) is 6.61 Å². The molecule has 1 aromatic carbocycles. The van der Waals surface area contributed by atoms with Gasteiger partial charge in [0.05, 0.1) is 18.7 Å². The Bertz CT molecular complexity index is 962. The number of carbonyl (C=O) groups is 1. The minimum atomic E-state index is -0.233. The molecule has 2 aliphatic carbocycles. The molecule has 1 aromatic heterocycles. The molecule has 1 unspecified atom stereocenters. The van der Waals surface area contributed by atoms with Crippen LogP contribution in [0.1, 0.15) is 28.8 Å². The van der Waals surface area contributed by atoms with Crippen LogP contribution in [0.3, 0.4) is 0 Å². The van der Waals surface area contributed by atoms with Crippen molar-refractivity contribution in [3.05, 3.63) is 87.4 Å². The standard InChI is InChI=1S/C22H19NO2S/c1-2-25-20(24)13-17-14-26-22(23-17)21-18-9-5-3-7-15(18)11-12-16-8-4-6-10-19(16)21/h3-12,14-15H,2,13H2,1H3. The van der Waals surface area contributed by atoms with Gasteiger partial charge in [0.2, 0.25) is 0 Å². The van der Waals surface area contributed by atoms with Crippen molar-refractivity contribution in [3.8, 4) is 0 Å². The van der Waals surface area contributed by atoms with Crippen LogP contribution < -0.4 is 0 Å². The lowest BCUT2D eigenvalue weighted by Crippen LogP contribution is -2.08. The molecule has 0 bridgehead atoms. The average molecular weight is 361 g/mol. The summed E-state index contributed by atoms with van der Waals surface area (Å²) in [6, 6.07) is 8.39. The van der Waals surface area contributed by atoms with E-state index < -0.39 is 0 Å². The van der Waals surface area contributed by atoms with Crippen LogP contribution in [0.4, 0.5) is 0 Å². The molecule has 3 nitrogen and oxygen atoms in total. The molecular weight excluding hydrogens is 342 g/mol. The molecule has 2 aliphatic rings. The largest absolute Gasteiger partial charge is 0.466 e. The van der Waals surface area contributed by atoms with Crippen LogP contribution in [0.2, 0.25) is 0 Å². The zero-order chi connectivity index (χ0) is 17.9. The van der Waals surface area contributed by atoms with E-state index in [9.17, 15) is 4.79 Å². The predicted molar refractivity (Wildman–Crippen MR) is 106 cm³/mol. The van der Waals surface area contributed by atoms with Gasteiger partial charge >= 0.3 is 5.97 Å². The zero-order valence-electron chi connectivity index (χ0n) is 14.5. The number of allylic oxidation sites excluding steroid dienone is 6. The molecule has 0 spiro atoms. The maximum Gasteiger partial charge on any atom is 0.311 e. The summed E-state index contributed by atoms with van der Waals surface area (Å²) in [5.41, 5.74) is 5.52. The average Bonchev–Trinajstić information content (AvgIpc) is 3.03. The molecule has 4 heteroatoms. The Hall–Kier alpha value is -2.72. The smallest absolute Gasteiger partial charge is 0.311 e. The van der Waals surface area contributed by atoms with Crippen molar-refractivity contribution in [1.29, 1.82) is 0 Å². The summed E-state index contributed by atoms with van der Waals surface area (Å²) in [6.45, 7) is 2.21. The maximum atomic E-state index is 11.8. The number of hydrogen-bond donors (Lipinski definition) is 0. The minimum absolute atomic E-state index is 0.214. The Morgan fingerprint density at radius 3 is 2.96 bits per heavy atom. The number of nitrogens with zero attached hydrogens (tertiary/aromatic N) is 1. The number of rotatable bonds is 4. The molecule has 0 N–H and O–H groups in total. The van der Waals surface area contributed by atoms with Gasteiger partial charge in [-0.15, -0.1) is 11.3 Å². The van der Waals surface area contributed by atoms with Gasteiger partial charge in [0.1, 0.15) is 5.01 Å². The van der Waals surface area contributed by atoms with Crippen molar-refractivity contribution in [1.82, 2.24) is 4.98 Å². The first-order valence-corrected chi connectivity index (χ1v) is 9.61. The summed E-state index contributed by atoms with van der Waals surface area (Å²) in [5, 5.41) is 2.90. The van der Waals surface area contributed by atoms with Crippen LogP contribution in [0.25, 0.3) is 11.6 Å². The molecule has 26 heavy (non-hydrogen) atoms. The van der Waals surface area contributed by atoms with Crippen LogP contribution in [0.15, 0.2) is 65.6 Å². The molecule has 0 saturated heterocycles. The number of thiazole rings is 1. The molecular formula is C22H19NO2S. The fraction of sp³-hybridized carbons (Fsp3) is 0.182. The van der Waals surface area contributed by atoms with E-state index in [-0.39, 0.29) is 18.3 Å². The third-order valence-corrected chi connectivity index (χ3v) is 5.37. The molecule has 0 radical (unpaired) electrons. The molecule has 1 heterocycles. The number of ether oxygens (including phenoxy) is 1. The quantitative estimate of drug-likeness (QED) is 0.733. The van der Waals surface area contributed by atoms with E-state index in [1.807, 2.05) is 12.3 Å². The van der Waals surface area contributed by atoms with Crippen molar-refractivity contribution in [3.63, 3.8) is 0 Å². The first kappa shape index (κ1) is 16.7. The van der Waals surface area contributed by atoms with E-state index >= 15 is 0 Å². The summed E-state index contributed by atoms with van der Waals surface area (Å²) < 4.78 is 5.05. The number of fused-ring (bicyclic) bond motifs is 2. The van der Waals surface area contributed by atoms with Crippen LogP contribution in [0, 0.1) is 5.92 Å². The molecule has 4 rings (SSSR count). The highest BCUT2D eigenvalue weighted by molar-refractivity contribution is 7.11. The summed E-state index contributed by atoms with van der Waals surface area (Å²) in [7, 11) is 0. The van der Waals surface area contributed by atoms with Crippen molar-refractivity contribution in [2.45, 2.75) is 13.3 Å². The van der Waals surface area contributed by atoms with Gasteiger partial charge in [-0.1, -0.05) is 60.7 Å². The molecule has 1 atom stereocenters. The predicted octanol–water partition coefficient (Wildman–Crippen LogP) is 4.82. The third-order valence-electron chi connectivity index (χ3n) is 4.46. The molecule has 0 aliphatic heterocycles. The molecule has 130 valence electrons. The lowest BCUT2D eigenvalue weighted by atomic mass is 9.89. The van der Waals surface area contributed by atoms with Gasteiger partial charge in [0, 0.05) is 16.9 Å². The van der Waals surface area contributed by atoms with E-state index in [0.717, 1.165) is 16.3 Å². The van der Waals surface area contributed by atoms with Crippen LogP contribution in [0.5, 0.6) is 0 Å².